The minimum absolute atomic E-state index is 0.0238. The van der Waals surface area contributed by atoms with E-state index >= 15 is 0 Å². The van der Waals surface area contributed by atoms with E-state index in [1.807, 2.05) is 0 Å². The number of amides is 3. The van der Waals surface area contributed by atoms with E-state index in [-0.39, 0.29) is 35.1 Å². The van der Waals surface area contributed by atoms with Gasteiger partial charge in [0, 0.05) is 19.1 Å². The predicted octanol–water partition coefficient (Wildman–Crippen LogP) is 4.32. The normalized spacial score (nSPS) is 13.5. The average Bonchev–Trinajstić information content (AvgIpc) is 3.20. The van der Waals surface area contributed by atoms with Crippen LogP contribution in [0.4, 0.5) is 5.69 Å². The molecule has 0 saturated carbocycles. The van der Waals surface area contributed by atoms with Gasteiger partial charge in [0.15, 0.2) is 11.5 Å². The summed E-state index contributed by atoms with van der Waals surface area (Å²) in [5, 5.41) is 2.75. The molecule has 11 nitrogen and oxygen atoms in total. The quantitative estimate of drug-likeness (QED) is 0.169. The van der Waals surface area contributed by atoms with Crippen molar-refractivity contribution in [2.24, 2.45) is 0 Å². The van der Waals surface area contributed by atoms with Gasteiger partial charge in [-0.05, 0) is 49.6 Å². The lowest BCUT2D eigenvalue weighted by Crippen LogP contribution is -2.37. The van der Waals surface area contributed by atoms with Gasteiger partial charge in [0.1, 0.15) is 9.84 Å². The molecule has 0 saturated heterocycles. The summed E-state index contributed by atoms with van der Waals surface area (Å²) in [6, 6.07) is 8.22. The van der Waals surface area contributed by atoms with Gasteiger partial charge in [0.05, 0.1) is 49.4 Å². The van der Waals surface area contributed by atoms with E-state index in [9.17, 15) is 27.6 Å². The van der Waals surface area contributed by atoms with Crippen molar-refractivity contribution in [1.82, 2.24) is 4.90 Å². The number of esters is 1. The van der Waals surface area contributed by atoms with E-state index < -0.39 is 33.4 Å². The molecule has 1 N–H and O–H groups in total. The lowest BCUT2D eigenvalue weighted by molar-refractivity contribution is -0.140. The summed E-state index contributed by atoms with van der Waals surface area (Å²) in [7, 11) is -0.819. The lowest BCUT2D eigenvalue weighted by atomic mass is 10.1. The molecule has 0 aliphatic carbocycles. The van der Waals surface area contributed by atoms with Gasteiger partial charge in [-0.15, -0.1) is 0 Å². The highest BCUT2D eigenvalue weighted by molar-refractivity contribution is 7.90. The molecule has 3 rings (SSSR count). The fourth-order valence-electron chi connectivity index (χ4n) is 4.87. The number of methoxy groups -OCH3 is 2. The molecular formula is C30H38N2O9S. The van der Waals surface area contributed by atoms with E-state index in [1.165, 1.54) is 20.3 Å². The van der Waals surface area contributed by atoms with Crippen molar-refractivity contribution in [1.29, 1.82) is 0 Å². The van der Waals surface area contributed by atoms with Gasteiger partial charge in [-0.1, -0.05) is 31.4 Å². The molecule has 2 aromatic carbocycles. The summed E-state index contributed by atoms with van der Waals surface area (Å²) in [6.07, 6.45) is 5.49. The van der Waals surface area contributed by atoms with Crippen LogP contribution in [0.5, 0.6) is 11.5 Å². The van der Waals surface area contributed by atoms with Gasteiger partial charge in [-0.25, -0.2) is 8.42 Å². The molecular weight excluding hydrogens is 564 g/mol. The van der Waals surface area contributed by atoms with Crippen molar-refractivity contribution < 1.29 is 41.8 Å². The Morgan fingerprint density at radius 2 is 1.62 bits per heavy atom. The Hall–Kier alpha value is -3.93. The molecule has 2 aromatic rings. The molecule has 1 unspecified atom stereocenters. The number of nitrogens with one attached hydrogen (secondary N) is 1. The number of ether oxygens (including phenoxy) is 3. The first-order valence-corrected chi connectivity index (χ1v) is 15.9. The minimum Gasteiger partial charge on any atom is -0.493 e. The molecule has 0 fully saturated rings. The molecule has 1 atom stereocenters. The zero-order valence-electron chi connectivity index (χ0n) is 24.4. The van der Waals surface area contributed by atoms with Crippen molar-refractivity contribution >= 4 is 39.2 Å². The lowest BCUT2D eigenvalue weighted by Gasteiger charge is -2.27. The summed E-state index contributed by atoms with van der Waals surface area (Å²) in [6.45, 7) is 2.11. The topological polar surface area (TPSA) is 145 Å². The van der Waals surface area contributed by atoms with E-state index in [0.29, 0.717) is 36.5 Å². The maximum absolute atomic E-state index is 13.7. The fraction of sp³-hybridized carbons (Fsp3) is 0.467. The fourth-order valence-corrected chi connectivity index (χ4v) is 5.78. The number of carbonyl (C=O) groups excluding carboxylic acids is 4. The van der Waals surface area contributed by atoms with E-state index in [4.69, 9.17) is 9.47 Å². The zero-order valence-corrected chi connectivity index (χ0v) is 25.3. The number of hydrogen-bond donors (Lipinski definition) is 1. The summed E-state index contributed by atoms with van der Waals surface area (Å²) in [5.74, 6) is -1.62. The Labute approximate surface area is 246 Å². The van der Waals surface area contributed by atoms with Gasteiger partial charge < -0.3 is 19.5 Å². The van der Waals surface area contributed by atoms with Crippen LogP contribution < -0.4 is 14.8 Å². The van der Waals surface area contributed by atoms with E-state index in [0.717, 1.165) is 36.8 Å². The van der Waals surface area contributed by atoms with Crippen molar-refractivity contribution in [3.63, 3.8) is 0 Å². The molecule has 1 heterocycles. The number of benzene rings is 2. The Balaban J connectivity index is 1.77. The smallest absolute Gasteiger partial charge is 0.305 e. The van der Waals surface area contributed by atoms with Crippen LogP contribution in [0.25, 0.3) is 0 Å². The molecule has 42 heavy (non-hydrogen) atoms. The van der Waals surface area contributed by atoms with Crippen LogP contribution in [-0.2, 0) is 24.2 Å². The largest absolute Gasteiger partial charge is 0.493 e. The Kier molecular flexibility index (Phi) is 11.5. The van der Waals surface area contributed by atoms with Crippen LogP contribution in [0.3, 0.4) is 0 Å². The van der Waals surface area contributed by atoms with Gasteiger partial charge in [-0.2, -0.15) is 0 Å². The van der Waals surface area contributed by atoms with Crippen molar-refractivity contribution in [2.75, 3.05) is 38.2 Å². The summed E-state index contributed by atoms with van der Waals surface area (Å²) in [5.41, 5.74) is 0.687. The number of carbonyl (C=O) groups is 4. The molecule has 12 heteroatoms. The van der Waals surface area contributed by atoms with Crippen molar-refractivity contribution in [2.45, 2.75) is 57.9 Å². The maximum Gasteiger partial charge on any atom is 0.305 e. The van der Waals surface area contributed by atoms with Gasteiger partial charge in [0.2, 0.25) is 5.91 Å². The third kappa shape index (κ3) is 8.31. The van der Waals surface area contributed by atoms with Crippen LogP contribution in [0.2, 0.25) is 0 Å². The highest BCUT2D eigenvalue weighted by Gasteiger charge is 2.43. The SMILES string of the molecule is CCOc1cc(C(CS(C)(=O)=O)N2C(=O)c3cccc(NC(=O)CCCCCCCC(=O)OC)c3C2=O)ccc1OC. The van der Waals surface area contributed by atoms with Gasteiger partial charge in [0.25, 0.3) is 11.8 Å². The number of fused-ring (bicyclic) bond motifs is 1. The minimum atomic E-state index is -3.65. The molecule has 0 spiro atoms. The molecule has 228 valence electrons. The zero-order chi connectivity index (χ0) is 30.9. The number of nitrogens with zero attached hydrogens (tertiary/aromatic N) is 1. The Bertz CT molecular complexity index is 1420. The van der Waals surface area contributed by atoms with Crippen LogP contribution in [-0.4, -0.2) is 69.8 Å². The number of hydrogen-bond acceptors (Lipinski definition) is 9. The molecule has 0 aromatic heterocycles. The number of anilines is 1. The van der Waals surface area contributed by atoms with E-state index in [2.05, 4.69) is 10.1 Å². The predicted molar refractivity (Wildman–Crippen MR) is 157 cm³/mol. The van der Waals surface area contributed by atoms with Crippen LogP contribution in [0.1, 0.15) is 84.2 Å². The summed E-state index contributed by atoms with van der Waals surface area (Å²) in [4.78, 5) is 52.1. The number of unbranched alkanes of at least 4 members (excludes halogenated alkanes) is 4. The molecule has 1 aliphatic heterocycles. The van der Waals surface area contributed by atoms with E-state index in [1.54, 1.807) is 37.3 Å². The Morgan fingerprint density at radius 1 is 0.929 bits per heavy atom. The monoisotopic (exact) mass is 602 g/mol. The standard InChI is InChI=1S/C30H38N2O9S/c1-5-41-25-18-20(16-17-24(25)39-2)23(19-42(4,37)38)32-29(35)21-12-11-13-22(28(21)30(32)36)31-26(33)14-9-7-6-8-10-15-27(34)40-3/h11-13,16-18,23H,5-10,14-15,19H2,1-4H3,(H,31,33). The average molecular weight is 603 g/mol. The molecule has 0 radical (unpaired) electrons. The third-order valence-corrected chi connectivity index (χ3v) is 7.80. The molecule has 1 aliphatic rings. The van der Waals surface area contributed by atoms with Crippen LogP contribution >= 0.6 is 0 Å². The first kappa shape index (κ1) is 32.6. The number of sulfone groups is 1. The third-order valence-electron chi connectivity index (χ3n) is 6.88. The van der Waals surface area contributed by atoms with Crippen LogP contribution in [0.15, 0.2) is 36.4 Å². The number of imide groups is 1. The highest BCUT2D eigenvalue weighted by Crippen LogP contribution is 2.38. The van der Waals surface area contributed by atoms with Crippen LogP contribution in [0, 0.1) is 0 Å². The van der Waals surface area contributed by atoms with Gasteiger partial charge in [-0.3, -0.25) is 24.1 Å². The second-order valence-electron chi connectivity index (χ2n) is 10.1. The second kappa shape index (κ2) is 14.8. The Morgan fingerprint density at radius 3 is 2.26 bits per heavy atom. The van der Waals surface area contributed by atoms with Crippen molar-refractivity contribution in [3.8, 4) is 11.5 Å². The second-order valence-corrected chi connectivity index (χ2v) is 12.2. The first-order chi connectivity index (χ1) is 20.0. The summed E-state index contributed by atoms with van der Waals surface area (Å²) >= 11 is 0. The highest BCUT2D eigenvalue weighted by atomic mass is 32.2. The van der Waals surface area contributed by atoms with Gasteiger partial charge >= 0.3 is 5.97 Å². The molecule has 3 amide bonds. The number of rotatable bonds is 16. The first-order valence-electron chi connectivity index (χ1n) is 13.9. The summed E-state index contributed by atoms with van der Waals surface area (Å²) < 4.78 is 40.5. The van der Waals surface area contributed by atoms with Crippen molar-refractivity contribution in [3.05, 3.63) is 53.1 Å². The molecule has 0 bridgehead atoms. The maximum atomic E-state index is 13.7.